The minimum absolute atomic E-state index is 0.187. The summed E-state index contributed by atoms with van der Waals surface area (Å²) in [5, 5.41) is 14.0. The van der Waals surface area contributed by atoms with Crippen molar-refractivity contribution in [3.63, 3.8) is 0 Å². The number of phenols is 1. The van der Waals surface area contributed by atoms with Crippen LogP contribution in [-0.2, 0) is 6.42 Å². The van der Waals surface area contributed by atoms with Gasteiger partial charge in [-0.05, 0) is 48.4 Å². The first-order valence-corrected chi connectivity index (χ1v) is 7.68. The number of amides is 1. The molecule has 5 heteroatoms. The van der Waals surface area contributed by atoms with Crippen molar-refractivity contribution in [3.8, 4) is 5.75 Å². The van der Waals surface area contributed by atoms with Crippen LogP contribution in [0.5, 0.6) is 5.75 Å². The van der Waals surface area contributed by atoms with Crippen LogP contribution >= 0.6 is 0 Å². The lowest BCUT2D eigenvalue weighted by atomic mass is 10.1. The Balaban J connectivity index is 1.84. The van der Waals surface area contributed by atoms with Gasteiger partial charge in [0.25, 0.3) is 5.91 Å². The second-order valence-corrected chi connectivity index (χ2v) is 5.32. The van der Waals surface area contributed by atoms with E-state index in [0.29, 0.717) is 5.56 Å². The molecule has 2 aromatic carbocycles. The zero-order valence-electron chi connectivity index (χ0n) is 13.2. The standard InChI is InChI=1S/C19H17N3O2/c1-2-14-11-17(16-5-3-4-6-18(16)21-14)19(24)22-20-12-13-7-9-15(23)10-8-13/h3-12,23H,2H2,1H3,(H,22,24). The highest BCUT2D eigenvalue weighted by atomic mass is 16.3. The minimum atomic E-state index is -0.279. The van der Waals surface area contributed by atoms with Gasteiger partial charge in [-0.25, -0.2) is 5.43 Å². The van der Waals surface area contributed by atoms with Crippen LogP contribution in [-0.4, -0.2) is 22.2 Å². The maximum Gasteiger partial charge on any atom is 0.272 e. The Labute approximate surface area is 139 Å². The van der Waals surface area contributed by atoms with Gasteiger partial charge in [-0.2, -0.15) is 5.10 Å². The fourth-order valence-electron chi connectivity index (χ4n) is 2.39. The Kier molecular flexibility index (Phi) is 4.52. The number of para-hydroxylation sites is 1. The van der Waals surface area contributed by atoms with Crippen molar-refractivity contribution >= 4 is 23.0 Å². The number of carbonyl (C=O) groups is 1. The van der Waals surface area contributed by atoms with Crippen LogP contribution in [0.15, 0.2) is 59.7 Å². The van der Waals surface area contributed by atoms with Gasteiger partial charge in [0.05, 0.1) is 17.3 Å². The number of nitrogens with one attached hydrogen (secondary N) is 1. The average molecular weight is 319 g/mol. The highest BCUT2D eigenvalue weighted by molar-refractivity contribution is 6.06. The van der Waals surface area contributed by atoms with Crippen LogP contribution in [0.1, 0.15) is 28.5 Å². The molecule has 0 radical (unpaired) electrons. The van der Waals surface area contributed by atoms with Crippen molar-refractivity contribution in [1.29, 1.82) is 0 Å². The molecule has 120 valence electrons. The van der Waals surface area contributed by atoms with Crippen LogP contribution in [0.2, 0.25) is 0 Å². The molecule has 0 unspecified atom stereocenters. The number of fused-ring (bicyclic) bond motifs is 1. The van der Waals surface area contributed by atoms with Gasteiger partial charge in [0.15, 0.2) is 0 Å². The molecule has 0 aliphatic heterocycles. The van der Waals surface area contributed by atoms with E-state index in [9.17, 15) is 9.90 Å². The monoisotopic (exact) mass is 319 g/mol. The second kappa shape index (κ2) is 6.91. The summed E-state index contributed by atoms with van der Waals surface area (Å²) in [5.74, 6) is -0.0927. The normalized spacial score (nSPS) is 11.0. The molecule has 3 aromatic rings. The molecule has 1 amide bonds. The molecule has 3 rings (SSSR count). The second-order valence-electron chi connectivity index (χ2n) is 5.32. The van der Waals surface area contributed by atoms with Gasteiger partial charge in [-0.15, -0.1) is 0 Å². The molecule has 1 aromatic heterocycles. The summed E-state index contributed by atoms with van der Waals surface area (Å²) in [7, 11) is 0. The number of carbonyl (C=O) groups excluding carboxylic acids is 1. The lowest BCUT2D eigenvalue weighted by Gasteiger charge is -2.07. The molecule has 2 N–H and O–H groups in total. The van der Waals surface area contributed by atoms with Crippen molar-refractivity contribution in [1.82, 2.24) is 10.4 Å². The zero-order chi connectivity index (χ0) is 16.9. The first kappa shape index (κ1) is 15.7. The smallest absolute Gasteiger partial charge is 0.272 e. The molecule has 5 nitrogen and oxygen atoms in total. The number of benzene rings is 2. The predicted octanol–water partition coefficient (Wildman–Crippen LogP) is 3.27. The van der Waals surface area contributed by atoms with Crippen molar-refractivity contribution in [2.45, 2.75) is 13.3 Å². The van der Waals surface area contributed by atoms with Gasteiger partial charge in [-0.3, -0.25) is 9.78 Å². The van der Waals surface area contributed by atoms with E-state index in [0.717, 1.165) is 28.6 Å². The highest BCUT2D eigenvalue weighted by Crippen LogP contribution is 2.18. The molecule has 0 saturated carbocycles. The summed E-state index contributed by atoms with van der Waals surface area (Å²) in [6.07, 6.45) is 2.28. The van der Waals surface area contributed by atoms with E-state index in [1.807, 2.05) is 31.2 Å². The molecule has 1 heterocycles. The molecule has 0 fully saturated rings. The predicted molar refractivity (Wildman–Crippen MR) is 94.3 cm³/mol. The maximum absolute atomic E-state index is 12.5. The quantitative estimate of drug-likeness (QED) is 0.572. The van der Waals surface area contributed by atoms with E-state index in [1.54, 1.807) is 30.3 Å². The van der Waals surface area contributed by atoms with Crippen LogP contribution in [0.3, 0.4) is 0 Å². The van der Waals surface area contributed by atoms with Gasteiger partial charge in [0.1, 0.15) is 5.75 Å². The number of aromatic nitrogens is 1. The average Bonchev–Trinajstić information content (AvgIpc) is 2.62. The Morgan fingerprint density at radius 2 is 1.96 bits per heavy atom. The molecular formula is C19H17N3O2. The largest absolute Gasteiger partial charge is 0.508 e. The summed E-state index contributed by atoms with van der Waals surface area (Å²) in [5.41, 5.74) is 5.54. The number of hydrazone groups is 1. The number of nitrogens with zero attached hydrogens (tertiary/aromatic N) is 2. The number of hydrogen-bond acceptors (Lipinski definition) is 4. The number of aryl methyl sites for hydroxylation is 1. The van der Waals surface area contributed by atoms with E-state index in [2.05, 4.69) is 15.5 Å². The number of pyridine rings is 1. The van der Waals surface area contributed by atoms with E-state index in [4.69, 9.17) is 0 Å². The molecule has 0 bridgehead atoms. The summed E-state index contributed by atoms with van der Waals surface area (Å²) < 4.78 is 0. The molecular weight excluding hydrogens is 302 g/mol. The van der Waals surface area contributed by atoms with Gasteiger partial charge < -0.3 is 5.11 Å². The third-order valence-electron chi connectivity index (χ3n) is 3.65. The summed E-state index contributed by atoms with van der Waals surface area (Å²) in [4.78, 5) is 17.0. The van der Waals surface area contributed by atoms with E-state index >= 15 is 0 Å². The Hall–Kier alpha value is -3.21. The third kappa shape index (κ3) is 3.41. The summed E-state index contributed by atoms with van der Waals surface area (Å²) >= 11 is 0. The first-order valence-electron chi connectivity index (χ1n) is 7.68. The number of hydrogen-bond donors (Lipinski definition) is 2. The van der Waals surface area contributed by atoms with Crippen LogP contribution < -0.4 is 5.43 Å². The highest BCUT2D eigenvalue weighted by Gasteiger charge is 2.11. The number of phenolic OH excluding ortho intramolecular Hbond substituents is 1. The van der Waals surface area contributed by atoms with Gasteiger partial charge >= 0.3 is 0 Å². The van der Waals surface area contributed by atoms with Crippen molar-refractivity contribution < 1.29 is 9.90 Å². The fraction of sp³-hybridized carbons (Fsp3) is 0.105. The van der Waals surface area contributed by atoms with E-state index in [1.165, 1.54) is 6.21 Å². The SMILES string of the molecule is CCc1cc(C(=O)NN=Cc2ccc(O)cc2)c2ccccc2n1. The molecule has 24 heavy (non-hydrogen) atoms. The summed E-state index contributed by atoms with van der Waals surface area (Å²) in [6.45, 7) is 2.00. The van der Waals surface area contributed by atoms with Crippen molar-refractivity contribution in [2.75, 3.05) is 0 Å². The van der Waals surface area contributed by atoms with Crippen LogP contribution in [0.4, 0.5) is 0 Å². The molecule has 0 atom stereocenters. The van der Waals surface area contributed by atoms with Crippen molar-refractivity contribution in [3.05, 3.63) is 71.4 Å². The Bertz CT molecular complexity index is 902. The number of rotatable bonds is 4. The lowest BCUT2D eigenvalue weighted by molar-refractivity contribution is 0.0956. The van der Waals surface area contributed by atoms with Crippen molar-refractivity contribution in [2.24, 2.45) is 5.10 Å². The maximum atomic E-state index is 12.5. The topological polar surface area (TPSA) is 74.6 Å². The van der Waals surface area contributed by atoms with Gasteiger partial charge in [-0.1, -0.05) is 25.1 Å². The fourth-order valence-corrected chi connectivity index (χ4v) is 2.39. The van der Waals surface area contributed by atoms with E-state index < -0.39 is 0 Å². The van der Waals surface area contributed by atoms with Crippen LogP contribution in [0, 0.1) is 0 Å². The minimum Gasteiger partial charge on any atom is -0.508 e. The molecule has 0 aliphatic carbocycles. The van der Waals surface area contributed by atoms with E-state index in [-0.39, 0.29) is 11.7 Å². The van der Waals surface area contributed by atoms with Gasteiger partial charge in [0, 0.05) is 11.1 Å². The first-order chi connectivity index (χ1) is 11.7. The lowest BCUT2D eigenvalue weighted by Crippen LogP contribution is -2.18. The Morgan fingerprint density at radius 3 is 2.71 bits per heavy atom. The summed E-state index contributed by atoms with van der Waals surface area (Å²) in [6, 6.07) is 15.9. The molecule has 0 saturated heterocycles. The number of aromatic hydroxyl groups is 1. The third-order valence-corrected chi connectivity index (χ3v) is 3.65. The zero-order valence-corrected chi connectivity index (χ0v) is 13.2. The molecule has 0 spiro atoms. The van der Waals surface area contributed by atoms with Crippen LogP contribution in [0.25, 0.3) is 10.9 Å². The Morgan fingerprint density at radius 1 is 1.21 bits per heavy atom. The van der Waals surface area contributed by atoms with Gasteiger partial charge in [0.2, 0.25) is 0 Å². The molecule has 0 aliphatic rings.